The second-order valence-corrected chi connectivity index (χ2v) is 7.79. The fourth-order valence-electron chi connectivity index (χ4n) is 3.93. The van der Waals surface area contributed by atoms with E-state index in [0.717, 1.165) is 5.56 Å². The van der Waals surface area contributed by atoms with Crippen LogP contribution in [0.2, 0.25) is 0 Å². The largest absolute Gasteiger partial charge is 0.337 e. The Bertz CT molecular complexity index is 976. The molecule has 1 unspecified atom stereocenters. The first-order valence-corrected chi connectivity index (χ1v) is 8.92. The van der Waals surface area contributed by atoms with Gasteiger partial charge in [0.2, 0.25) is 0 Å². The lowest BCUT2D eigenvalue weighted by atomic mass is 9.79. The molecule has 1 aromatic carbocycles. The molecule has 2 aromatic heterocycles. The van der Waals surface area contributed by atoms with Gasteiger partial charge >= 0.3 is 0 Å². The third-order valence-corrected chi connectivity index (χ3v) is 5.30. The molecule has 1 aliphatic rings. The highest BCUT2D eigenvalue weighted by molar-refractivity contribution is 5.98. The van der Waals surface area contributed by atoms with Crippen molar-refractivity contribution < 1.29 is 9.18 Å². The number of aryl methyl sites for hydroxylation is 1. The van der Waals surface area contributed by atoms with Crippen LogP contribution in [-0.2, 0) is 7.05 Å². The van der Waals surface area contributed by atoms with E-state index in [0.29, 0.717) is 24.3 Å². The highest BCUT2D eigenvalue weighted by atomic mass is 19.1. The van der Waals surface area contributed by atoms with Crippen molar-refractivity contribution in [2.75, 3.05) is 13.1 Å². The van der Waals surface area contributed by atoms with Crippen molar-refractivity contribution in [3.8, 4) is 5.69 Å². The van der Waals surface area contributed by atoms with Gasteiger partial charge in [-0.15, -0.1) is 0 Å². The molecule has 140 valence electrons. The molecule has 4 rings (SSSR count). The molecule has 0 aliphatic carbocycles. The van der Waals surface area contributed by atoms with Gasteiger partial charge in [0.15, 0.2) is 0 Å². The summed E-state index contributed by atoms with van der Waals surface area (Å²) < 4.78 is 17.3. The van der Waals surface area contributed by atoms with Gasteiger partial charge in [-0.2, -0.15) is 10.2 Å². The number of nitrogens with zero attached hydrogens (tertiary/aromatic N) is 5. The molecule has 0 N–H and O–H groups in total. The molecule has 0 saturated carbocycles. The van der Waals surface area contributed by atoms with Crippen LogP contribution >= 0.6 is 0 Å². The summed E-state index contributed by atoms with van der Waals surface area (Å²) >= 11 is 0. The second kappa shape index (κ2) is 6.33. The molecule has 0 spiro atoms. The van der Waals surface area contributed by atoms with Crippen molar-refractivity contribution in [2.45, 2.75) is 19.8 Å². The average molecular weight is 367 g/mol. The maximum atomic E-state index is 13.9. The summed E-state index contributed by atoms with van der Waals surface area (Å²) in [7, 11) is 1.89. The van der Waals surface area contributed by atoms with Crippen molar-refractivity contribution in [2.24, 2.45) is 12.5 Å². The normalized spacial score (nSPS) is 18.8. The van der Waals surface area contributed by atoms with E-state index in [-0.39, 0.29) is 17.2 Å². The van der Waals surface area contributed by atoms with Gasteiger partial charge in [0.25, 0.3) is 5.91 Å². The Balaban J connectivity index is 1.67. The SMILES string of the molecule is Cn1cc(C2CN(C(=O)c3cc(F)ccc3-n3cccn3)CC2(C)C)cn1. The van der Waals surface area contributed by atoms with E-state index in [2.05, 4.69) is 24.0 Å². The first-order chi connectivity index (χ1) is 12.8. The molecular weight excluding hydrogens is 345 g/mol. The number of carbonyl (C=O) groups is 1. The first kappa shape index (κ1) is 17.5. The van der Waals surface area contributed by atoms with Crippen LogP contribution in [0.4, 0.5) is 4.39 Å². The number of rotatable bonds is 3. The Kier molecular flexibility index (Phi) is 4.09. The minimum Gasteiger partial charge on any atom is -0.337 e. The van der Waals surface area contributed by atoms with Gasteiger partial charge in [0, 0.05) is 44.6 Å². The van der Waals surface area contributed by atoms with E-state index < -0.39 is 5.82 Å². The molecule has 1 atom stereocenters. The smallest absolute Gasteiger partial charge is 0.256 e. The molecule has 0 radical (unpaired) electrons. The van der Waals surface area contributed by atoms with Crippen molar-refractivity contribution in [1.29, 1.82) is 0 Å². The molecule has 1 saturated heterocycles. The zero-order valence-corrected chi connectivity index (χ0v) is 15.6. The number of benzene rings is 1. The fourth-order valence-corrected chi connectivity index (χ4v) is 3.93. The summed E-state index contributed by atoms with van der Waals surface area (Å²) in [6.07, 6.45) is 7.24. The molecule has 7 heteroatoms. The van der Waals surface area contributed by atoms with Crippen molar-refractivity contribution >= 4 is 5.91 Å². The molecule has 1 fully saturated rings. The van der Waals surface area contributed by atoms with Crippen LogP contribution in [0.3, 0.4) is 0 Å². The minimum atomic E-state index is -0.434. The maximum Gasteiger partial charge on any atom is 0.256 e. The quantitative estimate of drug-likeness (QED) is 0.715. The predicted octanol–water partition coefficient (Wildman–Crippen LogP) is 3.01. The Labute approximate surface area is 157 Å². The zero-order valence-electron chi connectivity index (χ0n) is 15.6. The Morgan fingerprint density at radius 2 is 2.11 bits per heavy atom. The Morgan fingerprint density at radius 3 is 2.78 bits per heavy atom. The number of hydrogen-bond donors (Lipinski definition) is 0. The van der Waals surface area contributed by atoms with E-state index in [1.165, 1.54) is 12.1 Å². The van der Waals surface area contributed by atoms with Gasteiger partial charge in [0.1, 0.15) is 5.82 Å². The standard InChI is InChI=1S/C20H22FN5O/c1-20(2)13-25(12-17(20)14-10-23-24(3)11-14)19(27)16-9-15(21)5-6-18(16)26-8-4-7-22-26/h4-11,17H,12-13H2,1-3H3. The topological polar surface area (TPSA) is 56.0 Å². The predicted molar refractivity (Wildman–Crippen MR) is 99.2 cm³/mol. The highest BCUT2D eigenvalue weighted by Crippen LogP contribution is 2.42. The number of halogens is 1. The number of likely N-dealkylation sites (tertiary alicyclic amines) is 1. The second-order valence-electron chi connectivity index (χ2n) is 7.79. The lowest BCUT2D eigenvalue weighted by Crippen LogP contribution is -2.31. The third-order valence-electron chi connectivity index (χ3n) is 5.30. The summed E-state index contributed by atoms with van der Waals surface area (Å²) in [6.45, 7) is 5.48. The van der Waals surface area contributed by atoms with Gasteiger partial charge in [-0.1, -0.05) is 13.8 Å². The number of carbonyl (C=O) groups excluding carboxylic acids is 1. The summed E-state index contributed by atoms with van der Waals surface area (Å²) in [5, 5.41) is 8.46. The summed E-state index contributed by atoms with van der Waals surface area (Å²) in [5.74, 6) is -0.437. The van der Waals surface area contributed by atoms with Crippen LogP contribution in [0.5, 0.6) is 0 Å². The summed E-state index contributed by atoms with van der Waals surface area (Å²) in [4.78, 5) is 15.1. The summed E-state index contributed by atoms with van der Waals surface area (Å²) in [5.41, 5.74) is 1.91. The Hall–Kier alpha value is -2.96. The van der Waals surface area contributed by atoms with Crippen LogP contribution in [0.25, 0.3) is 5.69 Å². The van der Waals surface area contributed by atoms with Crippen molar-refractivity contribution in [3.63, 3.8) is 0 Å². The van der Waals surface area contributed by atoms with E-state index in [1.54, 1.807) is 38.8 Å². The van der Waals surface area contributed by atoms with Crippen molar-refractivity contribution in [3.05, 3.63) is 66.0 Å². The molecule has 1 amide bonds. The van der Waals surface area contributed by atoms with Gasteiger partial charge in [-0.3, -0.25) is 9.48 Å². The number of hydrogen-bond acceptors (Lipinski definition) is 3. The maximum absolute atomic E-state index is 13.9. The van der Waals surface area contributed by atoms with Crippen LogP contribution in [0, 0.1) is 11.2 Å². The Morgan fingerprint density at radius 1 is 1.30 bits per heavy atom. The van der Waals surface area contributed by atoms with Crippen LogP contribution in [0.15, 0.2) is 49.1 Å². The van der Waals surface area contributed by atoms with E-state index in [1.807, 2.05) is 19.4 Å². The lowest BCUT2D eigenvalue weighted by Gasteiger charge is -2.24. The molecule has 3 aromatic rings. The van der Waals surface area contributed by atoms with Crippen molar-refractivity contribution in [1.82, 2.24) is 24.5 Å². The van der Waals surface area contributed by atoms with Gasteiger partial charge < -0.3 is 4.90 Å². The average Bonchev–Trinajstić information content (AvgIpc) is 3.34. The van der Waals surface area contributed by atoms with Gasteiger partial charge in [-0.05, 0) is 35.2 Å². The van der Waals surface area contributed by atoms with Gasteiger partial charge in [0.05, 0.1) is 17.4 Å². The van der Waals surface area contributed by atoms with E-state index >= 15 is 0 Å². The summed E-state index contributed by atoms with van der Waals surface area (Å²) in [6, 6.07) is 6.01. The lowest BCUT2D eigenvalue weighted by molar-refractivity contribution is 0.0777. The molecule has 3 heterocycles. The molecule has 27 heavy (non-hydrogen) atoms. The zero-order chi connectivity index (χ0) is 19.2. The van der Waals surface area contributed by atoms with E-state index in [9.17, 15) is 9.18 Å². The van der Waals surface area contributed by atoms with E-state index in [4.69, 9.17) is 0 Å². The molecule has 1 aliphatic heterocycles. The first-order valence-electron chi connectivity index (χ1n) is 8.92. The number of aromatic nitrogens is 4. The molecule has 6 nitrogen and oxygen atoms in total. The molecule has 0 bridgehead atoms. The minimum absolute atomic E-state index is 0.0993. The van der Waals surface area contributed by atoms with Gasteiger partial charge in [-0.25, -0.2) is 9.07 Å². The fraction of sp³-hybridized carbons (Fsp3) is 0.350. The highest BCUT2D eigenvalue weighted by Gasteiger charge is 2.43. The number of amides is 1. The van der Waals surface area contributed by atoms with Crippen LogP contribution in [-0.4, -0.2) is 43.5 Å². The van der Waals surface area contributed by atoms with Crippen LogP contribution < -0.4 is 0 Å². The monoisotopic (exact) mass is 367 g/mol. The van der Waals surface area contributed by atoms with Crippen LogP contribution in [0.1, 0.15) is 35.7 Å². The molecular formula is C20H22FN5O. The third kappa shape index (κ3) is 3.13.